The Balaban J connectivity index is 1.46. The number of aryl methyl sites for hydroxylation is 1. The van der Waals surface area contributed by atoms with Crippen LogP contribution in [0.1, 0.15) is 22.8 Å². The van der Waals surface area contributed by atoms with E-state index in [-0.39, 0.29) is 0 Å². The zero-order valence-electron chi connectivity index (χ0n) is 33.2. The van der Waals surface area contributed by atoms with E-state index in [9.17, 15) is 51.9 Å². The fourth-order valence-corrected chi connectivity index (χ4v) is 9.75. The van der Waals surface area contributed by atoms with Crippen molar-refractivity contribution < 1.29 is 51.9 Å². The lowest BCUT2D eigenvalue weighted by atomic mass is 10.0. The molecule has 65 heavy (non-hydrogen) atoms. The van der Waals surface area contributed by atoms with Gasteiger partial charge in [0.25, 0.3) is 0 Å². The average Bonchev–Trinajstić information content (AvgIpc) is 4.09. The van der Waals surface area contributed by atoms with Crippen molar-refractivity contribution in [2.75, 3.05) is 0 Å². The van der Waals surface area contributed by atoms with Gasteiger partial charge < -0.3 is 27.8 Å². The largest absolute Gasteiger partial charge is 0.744 e. The predicted octanol–water partition coefficient (Wildman–Crippen LogP) is 6.95. The first kappa shape index (κ1) is 43.4. The van der Waals surface area contributed by atoms with Gasteiger partial charge in [-0.3, -0.25) is 0 Å². The van der Waals surface area contributed by atoms with E-state index in [2.05, 4.69) is 4.98 Å². The van der Waals surface area contributed by atoms with Gasteiger partial charge in [0.05, 0.1) is 53.4 Å². The van der Waals surface area contributed by atoms with E-state index in [0.717, 1.165) is 0 Å². The van der Waals surface area contributed by atoms with Gasteiger partial charge in [-0.2, -0.15) is 0 Å². The Bertz CT molecular complexity index is 3590. The minimum Gasteiger partial charge on any atom is -0.744 e. The van der Waals surface area contributed by atoms with Gasteiger partial charge in [-0.25, -0.2) is 43.6 Å². The lowest BCUT2D eigenvalue weighted by molar-refractivity contribution is 0.461. The molecule has 16 nitrogen and oxygen atoms in total. The second-order valence-corrected chi connectivity index (χ2v) is 20.3. The Kier molecular flexibility index (Phi) is 10.5. The quantitative estimate of drug-likeness (QED) is 0.151. The van der Waals surface area contributed by atoms with Crippen molar-refractivity contribution in [1.29, 1.82) is 0 Å². The number of H-pyrrole nitrogens is 1. The molecule has 5 heterocycles. The maximum Gasteiger partial charge on any atom is 0.124 e. The van der Waals surface area contributed by atoms with Gasteiger partial charge in [-0.1, -0.05) is 48.5 Å². The van der Waals surface area contributed by atoms with E-state index in [0.29, 0.717) is 89.4 Å². The van der Waals surface area contributed by atoms with Gasteiger partial charge in [0.15, 0.2) is 0 Å². The van der Waals surface area contributed by atoms with Gasteiger partial charge in [0, 0.05) is 40.3 Å². The summed E-state index contributed by atoms with van der Waals surface area (Å²) in [6.45, 7) is 0. The van der Waals surface area contributed by atoms with E-state index >= 15 is 0 Å². The number of nitrogens with zero attached hydrogens (tertiary/aromatic N) is 3. The van der Waals surface area contributed by atoms with Crippen LogP contribution in [0.15, 0.2) is 141 Å². The molecular formula is C45H28N4O12S4-4. The van der Waals surface area contributed by atoms with Crippen LogP contribution < -0.4 is 0 Å². The summed E-state index contributed by atoms with van der Waals surface area (Å²) >= 11 is 0. The summed E-state index contributed by atoms with van der Waals surface area (Å²) in [5, 5.41) is 0. The third kappa shape index (κ3) is 8.24. The van der Waals surface area contributed by atoms with Crippen molar-refractivity contribution in [3.8, 4) is 44.5 Å². The van der Waals surface area contributed by atoms with E-state index in [1.54, 1.807) is 55.6 Å². The zero-order chi connectivity index (χ0) is 46.2. The van der Waals surface area contributed by atoms with Crippen molar-refractivity contribution in [3.05, 3.63) is 144 Å². The standard InChI is InChI=1S/C45H32N4O12S4/c1-49-40-24-25-41(49)45(29-8-16-33(17-9-29)65(59,60)61)39-23-21-37(48-39)43(27-4-12-31(13-5-27)63(53,54)55)35-19-18-34(46-35)42(26-2-10-30(11-3-26)62(50,51)52)36-20-22-38(47-36)44(40)28-6-14-32(15-7-28)64(56,57)58/h2-25,46H,1H3,(H,50,51,52)(H,53,54,55)(H,56,57,58)(H,59,60,61)/p-4. The maximum atomic E-state index is 12.0. The monoisotopic (exact) mass is 944 g/mol. The topological polar surface area (TPSA) is 275 Å². The van der Waals surface area contributed by atoms with Gasteiger partial charge >= 0.3 is 0 Å². The van der Waals surface area contributed by atoms with Crippen molar-refractivity contribution in [3.63, 3.8) is 0 Å². The molecule has 0 amide bonds. The van der Waals surface area contributed by atoms with Gasteiger partial charge in [-0.15, -0.1) is 0 Å². The number of benzene rings is 4. The minimum absolute atomic E-state index is 0.366. The average molecular weight is 945 g/mol. The summed E-state index contributed by atoms with van der Waals surface area (Å²) in [4.78, 5) is 11.7. The molecule has 20 heteroatoms. The van der Waals surface area contributed by atoms with E-state index in [4.69, 9.17) is 9.97 Å². The first-order valence-electron chi connectivity index (χ1n) is 19.0. The summed E-state index contributed by atoms with van der Waals surface area (Å²) in [6, 6.07) is 28.1. The van der Waals surface area contributed by atoms with Gasteiger partial charge in [-0.05, 0) is 119 Å². The molecule has 0 unspecified atom stereocenters. The Morgan fingerprint density at radius 1 is 0.369 bits per heavy atom. The molecule has 7 aromatic rings. The first-order chi connectivity index (χ1) is 30.6. The smallest absolute Gasteiger partial charge is 0.124 e. The van der Waals surface area contributed by atoms with Crippen LogP contribution in [0, 0.1) is 0 Å². The molecule has 0 radical (unpaired) electrons. The van der Waals surface area contributed by atoms with Crippen LogP contribution in [0.5, 0.6) is 0 Å². The molecular weight excluding hydrogens is 917 g/mol. The Labute approximate surface area is 371 Å². The summed E-state index contributed by atoms with van der Waals surface area (Å²) in [5.74, 6) is 0. The highest BCUT2D eigenvalue weighted by atomic mass is 32.2. The number of hydrogen-bond donors (Lipinski definition) is 1. The molecule has 0 fully saturated rings. The van der Waals surface area contributed by atoms with Crippen LogP contribution in [0.2, 0.25) is 0 Å². The van der Waals surface area contributed by atoms with E-state index in [1.165, 1.54) is 97.1 Å². The Morgan fingerprint density at radius 2 is 0.615 bits per heavy atom. The summed E-state index contributed by atoms with van der Waals surface area (Å²) in [5.41, 5.74) is 7.12. The number of rotatable bonds is 8. The lowest BCUT2D eigenvalue weighted by Crippen LogP contribution is -1.99. The second kappa shape index (κ2) is 15.7. The maximum absolute atomic E-state index is 12.0. The Morgan fingerprint density at radius 3 is 0.877 bits per heavy atom. The highest BCUT2D eigenvalue weighted by molar-refractivity contribution is 7.86. The molecule has 9 rings (SSSR count). The SMILES string of the molecule is Cn1c2ccc1c(-c1ccc(S(=O)(=O)[O-])cc1)c1nc(c(-c3ccc(S(=O)(=O)[O-])cc3)c3ccc([nH]3)c(-c3ccc(S(=O)(=O)[O-])cc3)c3nc(c2-c2ccc(S(=O)(=O)[O-])cc2)C=C3)C=C1. The van der Waals surface area contributed by atoms with Crippen LogP contribution >= 0.6 is 0 Å². The van der Waals surface area contributed by atoms with Gasteiger partial charge in [0.1, 0.15) is 40.5 Å². The van der Waals surface area contributed by atoms with Crippen LogP contribution in [-0.2, 0) is 47.5 Å². The molecule has 3 aromatic heterocycles. The number of aromatic amines is 1. The molecule has 0 spiro atoms. The highest BCUT2D eigenvalue weighted by Gasteiger charge is 2.21. The minimum atomic E-state index is -4.81. The van der Waals surface area contributed by atoms with Crippen molar-refractivity contribution in [2.45, 2.75) is 19.6 Å². The number of nitrogens with one attached hydrogen (secondary N) is 1. The second-order valence-electron chi connectivity index (χ2n) is 14.8. The van der Waals surface area contributed by atoms with E-state index < -0.39 is 60.1 Å². The highest BCUT2D eigenvalue weighted by Crippen LogP contribution is 2.40. The third-order valence-corrected chi connectivity index (χ3v) is 14.3. The number of aromatic nitrogens is 4. The molecule has 328 valence electrons. The number of hydrogen-bond acceptors (Lipinski definition) is 14. The molecule has 2 aliphatic heterocycles. The van der Waals surface area contributed by atoms with Crippen LogP contribution in [0.25, 0.3) is 90.9 Å². The lowest BCUT2D eigenvalue weighted by Gasteiger charge is -2.12. The fraction of sp³-hybridized carbons (Fsp3) is 0.0222. The van der Waals surface area contributed by atoms with Crippen LogP contribution in [-0.4, -0.2) is 71.4 Å². The Hall–Kier alpha value is -6.88. The van der Waals surface area contributed by atoms with Gasteiger partial charge in [0.2, 0.25) is 0 Å². The summed E-state index contributed by atoms with van der Waals surface area (Å²) in [7, 11) is -17.5. The number of fused-ring (bicyclic) bond motifs is 8. The molecule has 0 aliphatic carbocycles. The normalized spacial score (nSPS) is 13.1. The zero-order valence-corrected chi connectivity index (χ0v) is 36.5. The molecule has 0 saturated carbocycles. The van der Waals surface area contributed by atoms with E-state index in [1.807, 2.05) is 4.57 Å². The molecule has 0 saturated heterocycles. The summed E-state index contributed by atoms with van der Waals surface area (Å²) in [6.07, 6.45) is 6.85. The molecule has 1 N–H and O–H groups in total. The predicted molar refractivity (Wildman–Crippen MR) is 237 cm³/mol. The first-order valence-corrected chi connectivity index (χ1v) is 24.7. The third-order valence-electron chi connectivity index (χ3n) is 10.9. The van der Waals surface area contributed by atoms with Crippen molar-refractivity contribution in [1.82, 2.24) is 19.5 Å². The molecule has 2 aliphatic rings. The fourth-order valence-electron chi connectivity index (χ4n) is 7.87. The molecule has 8 bridgehead atoms. The summed E-state index contributed by atoms with van der Waals surface area (Å²) < 4.78 is 145. The van der Waals surface area contributed by atoms with Crippen LogP contribution in [0.3, 0.4) is 0 Å². The molecule has 4 aromatic carbocycles. The molecule has 0 atom stereocenters. The van der Waals surface area contributed by atoms with Crippen molar-refractivity contribution in [2.24, 2.45) is 7.05 Å². The van der Waals surface area contributed by atoms with Crippen LogP contribution in [0.4, 0.5) is 0 Å². The van der Waals surface area contributed by atoms with Crippen molar-refractivity contribution >= 4 is 86.8 Å².